The van der Waals surface area contributed by atoms with Crippen molar-refractivity contribution in [3.8, 4) is 11.1 Å². The zero-order valence-electron chi connectivity index (χ0n) is 18.2. The van der Waals surface area contributed by atoms with E-state index in [1.807, 2.05) is 6.20 Å². The highest BCUT2D eigenvalue weighted by molar-refractivity contribution is 7.19. The summed E-state index contributed by atoms with van der Waals surface area (Å²) in [5.74, 6) is 0.260. The van der Waals surface area contributed by atoms with Gasteiger partial charge in [0.25, 0.3) is 0 Å². The number of carboxylic acids is 1. The summed E-state index contributed by atoms with van der Waals surface area (Å²) < 4.78 is 0. The molecule has 0 amide bonds. The normalized spacial score (nSPS) is 15.9. The number of aromatic nitrogens is 3. The first-order valence-electron chi connectivity index (χ1n) is 11.5. The Morgan fingerprint density at radius 2 is 2.09 bits per heavy atom. The van der Waals surface area contributed by atoms with Crippen molar-refractivity contribution in [2.45, 2.75) is 57.9 Å². The molecular formula is C25H28N4O2S. The van der Waals surface area contributed by atoms with Gasteiger partial charge >= 0.3 is 5.97 Å². The minimum Gasteiger partial charge on any atom is -0.480 e. The first kappa shape index (κ1) is 20.9. The maximum atomic E-state index is 12.2. The summed E-state index contributed by atoms with van der Waals surface area (Å²) in [6.45, 7) is 2.15. The minimum absolute atomic E-state index is 0.455. The summed E-state index contributed by atoms with van der Waals surface area (Å²) >= 11 is 1.67. The second kappa shape index (κ2) is 8.90. The average Bonchev–Trinajstić information content (AvgIpc) is 3.44. The third-order valence-electron chi connectivity index (χ3n) is 6.65. The van der Waals surface area contributed by atoms with Gasteiger partial charge in [0.15, 0.2) is 0 Å². The van der Waals surface area contributed by atoms with Crippen LogP contribution in [0, 0.1) is 5.92 Å². The summed E-state index contributed by atoms with van der Waals surface area (Å²) in [4.78, 5) is 26.7. The van der Waals surface area contributed by atoms with E-state index in [-0.39, 0.29) is 0 Å². The van der Waals surface area contributed by atoms with Gasteiger partial charge in [-0.3, -0.25) is 0 Å². The highest BCUT2D eigenvalue weighted by Crippen LogP contribution is 2.43. The van der Waals surface area contributed by atoms with E-state index in [4.69, 9.17) is 0 Å². The Balaban J connectivity index is 1.60. The maximum Gasteiger partial charge on any atom is 0.326 e. The average molecular weight is 449 g/mol. The molecule has 1 atom stereocenters. The smallest absolute Gasteiger partial charge is 0.326 e. The lowest BCUT2D eigenvalue weighted by Crippen LogP contribution is -2.32. The van der Waals surface area contributed by atoms with Crippen LogP contribution in [0.25, 0.3) is 32.2 Å². The number of hydrogen-bond donors (Lipinski definition) is 3. The molecule has 3 heterocycles. The molecule has 1 aromatic carbocycles. The van der Waals surface area contributed by atoms with Crippen LogP contribution in [0.2, 0.25) is 0 Å². The Morgan fingerprint density at radius 1 is 1.25 bits per heavy atom. The van der Waals surface area contributed by atoms with Crippen molar-refractivity contribution in [2.24, 2.45) is 5.92 Å². The predicted octanol–water partition coefficient (Wildman–Crippen LogP) is 6.24. The molecule has 6 nitrogen and oxygen atoms in total. The fourth-order valence-corrected chi connectivity index (χ4v) is 6.16. The molecule has 1 fully saturated rings. The SMILES string of the molecule is CCc1sc2ncnc(NC(CC3CCCCC3)C(=O)O)c2c1-c1cccc2[nH]ccc12. The van der Waals surface area contributed by atoms with Gasteiger partial charge in [0.05, 0.1) is 5.39 Å². The Hall–Kier alpha value is -2.93. The number of nitrogens with one attached hydrogen (secondary N) is 2. The molecule has 1 saturated carbocycles. The first-order chi connectivity index (χ1) is 15.7. The summed E-state index contributed by atoms with van der Waals surface area (Å²) in [5, 5.41) is 15.4. The van der Waals surface area contributed by atoms with Gasteiger partial charge in [0.2, 0.25) is 0 Å². The van der Waals surface area contributed by atoms with Crippen LogP contribution >= 0.6 is 11.3 Å². The number of aliphatic carboxylic acids is 1. The fraction of sp³-hybridized carbons (Fsp3) is 0.400. The molecule has 5 rings (SSSR count). The summed E-state index contributed by atoms with van der Waals surface area (Å²) in [6, 6.07) is 7.69. The number of carbonyl (C=O) groups is 1. The van der Waals surface area contributed by atoms with Crippen LogP contribution in [0.15, 0.2) is 36.8 Å². The molecule has 0 bridgehead atoms. The number of fused-ring (bicyclic) bond motifs is 2. The second-order valence-electron chi connectivity index (χ2n) is 8.68. The van der Waals surface area contributed by atoms with Gasteiger partial charge in [-0.15, -0.1) is 11.3 Å². The molecule has 1 aliphatic rings. The van der Waals surface area contributed by atoms with Crippen molar-refractivity contribution in [3.05, 3.63) is 41.7 Å². The molecule has 0 saturated heterocycles. The third-order valence-corrected chi connectivity index (χ3v) is 7.89. The monoisotopic (exact) mass is 448 g/mol. The number of benzene rings is 1. The van der Waals surface area contributed by atoms with E-state index < -0.39 is 12.0 Å². The summed E-state index contributed by atoms with van der Waals surface area (Å²) in [6.07, 6.45) is 10.9. The Labute approximate surface area is 191 Å². The van der Waals surface area contributed by atoms with E-state index in [1.54, 1.807) is 17.7 Å². The molecule has 32 heavy (non-hydrogen) atoms. The molecule has 3 aromatic heterocycles. The lowest BCUT2D eigenvalue weighted by Gasteiger charge is -2.25. The van der Waals surface area contributed by atoms with Crippen LogP contribution in [0.1, 0.15) is 50.3 Å². The number of aromatic amines is 1. The second-order valence-corrected chi connectivity index (χ2v) is 9.76. The predicted molar refractivity (Wildman–Crippen MR) is 130 cm³/mol. The first-order valence-corrected chi connectivity index (χ1v) is 12.3. The quantitative estimate of drug-likeness (QED) is 0.311. The Bertz CT molecular complexity index is 1260. The largest absolute Gasteiger partial charge is 0.480 e. The van der Waals surface area contributed by atoms with E-state index in [1.165, 1.54) is 24.1 Å². The van der Waals surface area contributed by atoms with Crippen molar-refractivity contribution >= 4 is 44.2 Å². The highest BCUT2D eigenvalue weighted by atomic mass is 32.1. The van der Waals surface area contributed by atoms with E-state index in [2.05, 4.69) is 51.5 Å². The van der Waals surface area contributed by atoms with Crippen LogP contribution in [0.3, 0.4) is 0 Å². The molecular weight excluding hydrogens is 420 g/mol. The van der Waals surface area contributed by atoms with Gasteiger partial charge in [-0.1, -0.05) is 51.2 Å². The van der Waals surface area contributed by atoms with Crippen LogP contribution in [-0.2, 0) is 11.2 Å². The molecule has 166 valence electrons. The Kier molecular flexibility index (Phi) is 5.83. The van der Waals surface area contributed by atoms with Gasteiger partial charge in [-0.2, -0.15) is 0 Å². The zero-order chi connectivity index (χ0) is 22.1. The molecule has 0 aliphatic heterocycles. The number of H-pyrrole nitrogens is 1. The zero-order valence-corrected chi connectivity index (χ0v) is 19.0. The molecule has 1 aliphatic carbocycles. The van der Waals surface area contributed by atoms with Crippen LogP contribution < -0.4 is 5.32 Å². The van der Waals surface area contributed by atoms with Crippen LogP contribution in [0.4, 0.5) is 5.82 Å². The number of hydrogen-bond acceptors (Lipinski definition) is 5. The van der Waals surface area contributed by atoms with Crippen molar-refractivity contribution in [1.82, 2.24) is 15.0 Å². The minimum atomic E-state index is -0.817. The van der Waals surface area contributed by atoms with Crippen molar-refractivity contribution < 1.29 is 9.90 Å². The lowest BCUT2D eigenvalue weighted by atomic mass is 9.85. The summed E-state index contributed by atoms with van der Waals surface area (Å²) in [7, 11) is 0. The number of carboxylic acid groups (broad SMARTS) is 1. The van der Waals surface area contributed by atoms with E-state index in [0.29, 0.717) is 18.2 Å². The molecule has 4 aromatic rings. The number of rotatable bonds is 7. The molecule has 7 heteroatoms. The fourth-order valence-electron chi connectivity index (χ4n) is 5.07. The van der Waals surface area contributed by atoms with E-state index in [9.17, 15) is 9.90 Å². The molecule has 1 unspecified atom stereocenters. The van der Waals surface area contributed by atoms with Gasteiger partial charge in [-0.25, -0.2) is 14.8 Å². The van der Waals surface area contributed by atoms with E-state index >= 15 is 0 Å². The standard InChI is InChI=1S/C25H28N4O2S/c1-2-20-21(17-9-6-10-18-16(17)11-12-26-18)22-23(27-14-28-24(22)32-20)29-19(25(30)31)13-15-7-4-3-5-8-15/h6,9-12,14-15,19,26H,2-5,7-8,13H2,1H3,(H,30,31)(H,27,28,29). The van der Waals surface area contributed by atoms with Gasteiger partial charge < -0.3 is 15.4 Å². The maximum absolute atomic E-state index is 12.2. The van der Waals surface area contributed by atoms with Crippen molar-refractivity contribution in [2.75, 3.05) is 5.32 Å². The van der Waals surface area contributed by atoms with Gasteiger partial charge in [-0.05, 0) is 36.5 Å². The summed E-state index contributed by atoms with van der Waals surface area (Å²) in [5.41, 5.74) is 3.32. The topological polar surface area (TPSA) is 90.9 Å². The lowest BCUT2D eigenvalue weighted by molar-refractivity contribution is -0.138. The molecule has 0 spiro atoms. The van der Waals surface area contributed by atoms with Crippen molar-refractivity contribution in [1.29, 1.82) is 0 Å². The van der Waals surface area contributed by atoms with Gasteiger partial charge in [0.1, 0.15) is 23.0 Å². The van der Waals surface area contributed by atoms with Gasteiger partial charge in [0, 0.05) is 27.5 Å². The van der Waals surface area contributed by atoms with Crippen LogP contribution in [-0.4, -0.2) is 32.1 Å². The van der Waals surface area contributed by atoms with Crippen LogP contribution in [0.5, 0.6) is 0 Å². The van der Waals surface area contributed by atoms with Crippen molar-refractivity contribution in [3.63, 3.8) is 0 Å². The number of aryl methyl sites for hydroxylation is 1. The third kappa shape index (κ3) is 3.86. The number of thiophene rings is 1. The number of anilines is 1. The molecule has 3 N–H and O–H groups in total. The Morgan fingerprint density at radius 3 is 2.88 bits per heavy atom. The molecule has 0 radical (unpaired) electrons. The number of nitrogens with zero attached hydrogens (tertiary/aromatic N) is 2. The van der Waals surface area contributed by atoms with E-state index in [0.717, 1.165) is 51.5 Å². The highest BCUT2D eigenvalue weighted by Gasteiger charge is 2.27.